The number of aliphatic imine (C=N–C) groups is 1. The summed E-state index contributed by atoms with van der Waals surface area (Å²) in [5.41, 5.74) is 5.49. The van der Waals surface area contributed by atoms with Gasteiger partial charge in [0.1, 0.15) is 6.04 Å². The summed E-state index contributed by atoms with van der Waals surface area (Å²) >= 11 is 0. The van der Waals surface area contributed by atoms with E-state index < -0.39 is 12.0 Å². The van der Waals surface area contributed by atoms with Crippen molar-refractivity contribution in [1.29, 1.82) is 0 Å². The van der Waals surface area contributed by atoms with Crippen LogP contribution in [0.3, 0.4) is 0 Å². The Bertz CT molecular complexity index is 209. The molecule has 0 aromatic heterocycles. The number of nitrogens with two attached hydrogens (primary N) is 1. The lowest BCUT2D eigenvalue weighted by Crippen LogP contribution is -2.33. The molecule has 5 nitrogen and oxygen atoms in total. The highest BCUT2D eigenvalue weighted by molar-refractivity contribution is 5.75. The van der Waals surface area contributed by atoms with Crippen LogP contribution in [0, 0.1) is 5.92 Å². The average Bonchev–Trinajstić information content (AvgIpc) is 2.03. The van der Waals surface area contributed by atoms with E-state index in [9.17, 15) is 9.59 Å². The standard InChI is InChI=1S/C8H14N2O3/c1-6(2)3-7(9)8(12)13-5-10-4-11/h6-7H,3,5,9H2,1-2H3. The van der Waals surface area contributed by atoms with Gasteiger partial charge in [-0.15, -0.1) is 0 Å². The number of hydrogen-bond donors (Lipinski definition) is 1. The van der Waals surface area contributed by atoms with Gasteiger partial charge < -0.3 is 10.5 Å². The minimum absolute atomic E-state index is 0.297. The van der Waals surface area contributed by atoms with Gasteiger partial charge in [-0.3, -0.25) is 4.79 Å². The van der Waals surface area contributed by atoms with Crippen molar-refractivity contribution >= 4 is 12.0 Å². The van der Waals surface area contributed by atoms with Gasteiger partial charge in [0.25, 0.3) is 0 Å². The van der Waals surface area contributed by atoms with Crippen LogP contribution in [-0.4, -0.2) is 24.8 Å². The smallest absolute Gasteiger partial charge is 0.324 e. The molecule has 1 atom stereocenters. The van der Waals surface area contributed by atoms with E-state index in [0.29, 0.717) is 12.3 Å². The van der Waals surface area contributed by atoms with Crippen molar-refractivity contribution in [2.75, 3.05) is 6.73 Å². The Kier molecular flexibility index (Phi) is 5.76. The fourth-order valence-corrected chi connectivity index (χ4v) is 0.833. The summed E-state index contributed by atoms with van der Waals surface area (Å²) in [6.45, 7) is 3.61. The number of isocyanates is 1. The third-order valence-electron chi connectivity index (χ3n) is 1.36. The topological polar surface area (TPSA) is 81.8 Å². The molecule has 1 unspecified atom stereocenters. The molecule has 0 radical (unpaired) electrons. The predicted molar refractivity (Wildman–Crippen MR) is 46.5 cm³/mol. The van der Waals surface area contributed by atoms with E-state index in [1.54, 1.807) is 0 Å². The second-order valence-electron chi connectivity index (χ2n) is 3.08. The highest BCUT2D eigenvalue weighted by atomic mass is 16.5. The maximum Gasteiger partial charge on any atom is 0.324 e. The van der Waals surface area contributed by atoms with Gasteiger partial charge in [-0.05, 0) is 12.3 Å². The SMILES string of the molecule is CC(C)CC(N)C(=O)OCN=C=O. The van der Waals surface area contributed by atoms with Crippen LogP contribution in [0.2, 0.25) is 0 Å². The van der Waals surface area contributed by atoms with Crippen molar-refractivity contribution in [3.05, 3.63) is 0 Å². The van der Waals surface area contributed by atoms with E-state index in [0.717, 1.165) is 0 Å². The molecule has 2 N–H and O–H groups in total. The fourth-order valence-electron chi connectivity index (χ4n) is 0.833. The molecule has 0 aliphatic rings. The van der Waals surface area contributed by atoms with Crippen LogP contribution in [0.5, 0.6) is 0 Å². The number of carbonyl (C=O) groups is 1. The maximum atomic E-state index is 11.0. The average molecular weight is 186 g/mol. The molecule has 0 amide bonds. The minimum atomic E-state index is -0.637. The van der Waals surface area contributed by atoms with Gasteiger partial charge in [-0.2, -0.15) is 4.99 Å². The second-order valence-corrected chi connectivity index (χ2v) is 3.08. The second kappa shape index (κ2) is 6.34. The third-order valence-corrected chi connectivity index (χ3v) is 1.36. The Morgan fingerprint density at radius 2 is 2.23 bits per heavy atom. The lowest BCUT2D eigenvalue weighted by Gasteiger charge is -2.11. The van der Waals surface area contributed by atoms with Gasteiger partial charge in [0.2, 0.25) is 6.08 Å². The quantitative estimate of drug-likeness (QED) is 0.377. The van der Waals surface area contributed by atoms with Crippen molar-refractivity contribution in [2.45, 2.75) is 26.3 Å². The number of rotatable bonds is 5. The minimum Gasteiger partial charge on any atom is -0.440 e. The molecule has 13 heavy (non-hydrogen) atoms. The van der Waals surface area contributed by atoms with Gasteiger partial charge in [0, 0.05) is 0 Å². The normalized spacial score (nSPS) is 12.0. The van der Waals surface area contributed by atoms with Gasteiger partial charge in [-0.25, -0.2) is 4.79 Å². The first-order chi connectivity index (χ1) is 6.07. The molecule has 5 heteroatoms. The van der Waals surface area contributed by atoms with E-state index in [4.69, 9.17) is 5.73 Å². The molecular formula is C8H14N2O3. The molecule has 0 rings (SSSR count). The van der Waals surface area contributed by atoms with Crippen LogP contribution in [0.25, 0.3) is 0 Å². The molecule has 0 heterocycles. The monoisotopic (exact) mass is 186 g/mol. The number of carbonyl (C=O) groups excluding carboxylic acids is 2. The molecule has 0 aliphatic carbocycles. The zero-order chi connectivity index (χ0) is 10.3. The lowest BCUT2D eigenvalue weighted by molar-refractivity contribution is -0.145. The Balaban J connectivity index is 3.75. The summed E-state index contributed by atoms with van der Waals surface area (Å²) in [5.74, 6) is -0.204. The molecule has 0 fully saturated rings. The summed E-state index contributed by atoms with van der Waals surface area (Å²) in [7, 11) is 0. The third kappa shape index (κ3) is 6.02. The predicted octanol–water partition coefficient (Wildman–Crippen LogP) is 0.196. The van der Waals surface area contributed by atoms with Crippen LogP contribution in [-0.2, 0) is 14.3 Å². The zero-order valence-electron chi connectivity index (χ0n) is 7.82. The molecule has 0 spiro atoms. The first-order valence-electron chi connectivity index (χ1n) is 4.03. The molecule has 0 saturated heterocycles. The largest absolute Gasteiger partial charge is 0.440 e. The molecule has 74 valence electrons. The van der Waals surface area contributed by atoms with Crippen molar-refractivity contribution in [2.24, 2.45) is 16.6 Å². The molecule has 0 aromatic carbocycles. The Morgan fingerprint density at radius 3 is 2.69 bits per heavy atom. The van der Waals surface area contributed by atoms with Crippen molar-refractivity contribution in [3.8, 4) is 0 Å². The van der Waals surface area contributed by atoms with Gasteiger partial charge in [0.05, 0.1) is 0 Å². The van der Waals surface area contributed by atoms with Crippen LogP contribution in [0.1, 0.15) is 20.3 Å². The molecule has 0 saturated carbocycles. The summed E-state index contributed by atoms with van der Waals surface area (Å²) < 4.78 is 4.55. The molecular weight excluding hydrogens is 172 g/mol. The maximum absolute atomic E-state index is 11.0. The van der Waals surface area contributed by atoms with Crippen LogP contribution in [0.15, 0.2) is 4.99 Å². The van der Waals surface area contributed by atoms with Gasteiger partial charge in [0.15, 0.2) is 6.73 Å². The summed E-state index contributed by atoms with van der Waals surface area (Å²) in [6, 6.07) is -0.637. The van der Waals surface area contributed by atoms with E-state index in [1.807, 2.05) is 13.8 Å². The van der Waals surface area contributed by atoms with E-state index in [2.05, 4.69) is 9.73 Å². The van der Waals surface area contributed by atoms with Crippen molar-refractivity contribution < 1.29 is 14.3 Å². The van der Waals surface area contributed by atoms with Crippen LogP contribution >= 0.6 is 0 Å². The fraction of sp³-hybridized carbons (Fsp3) is 0.750. The van der Waals surface area contributed by atoms with Gasteiger partial charge in [-0.1, -0.05) is 13.8 Å². The van der Waals surface area contributed by atoms with Gasteiger partial charge >= 0.3 is 5.97 Å². The Hall–Kier alpha value is -1.19. The summed E-state index contributed by atoms with van der Waals surface area (Å²) in [6.07, 6.45) is 1.82. The Morgan fingerprint density at radius 1 is 1.62 bits per heavy atom. The number of nitrogens with zero attached hydrogens (tertiary/aromatic N) is 1. The number of hydrogen-bond acceptors (Lipinski definition) is 5. The summed E-state index contributed by atoms with van der Waals surface area (Å²) in [5, 5.41) is 0. The molecule has 0 aliphatic heterocycles. The van der Waals surface area contributed by atoms with E-state index in [1.165, 1.54) is 6.08 Å². The molecule has 0 aromatic rings. The highest BCUT2D eigenvalue weighted by Crippen LogP contribution is 2.03. The number of ether oxygens (including phenoxy) is 1. The van der Waals surface area contributed by atoms with Crippen molar-refractivity contribution in [3.63, 3.8) is 0 Å². The first kappa shape index (κ1) is 11.8. The first-order valence-corrected chi connectivity index (χ1v) is 4.03. The van der Waals surface area contributed by atoms with Crippen LogP contribution < -0.4 is 5.73 Å². The molecule has 0 bridgehead atoms. The van der Waals surface area contributed by atoms with Crippen LogP contribution in [0.4, 0.5) is 0 Å². The highest BCUT2D eigenvalue weighted by Gasteiger charge is 2.15. The van der Waals surface area contributed by atoms with Crippen molar-refractivity contribution in [1.82, 2.24) is 0 Å². The Labute approximate surface area is 77.0 Å². The van der Waals surface area contributed by atoms with E-state index in [-0.39, 0.29) is 6.73 Å². The number of esters is 1. The van der Waals surface area contributed by atoms with E-state index >= 15 is 0 Å². The lowest BCUT2D eigenvalue weighted by atomic mass is 10.1. The zero-order valence-corrected chi connectivity index (χ0v) is 7.82. The summed E-state index contributed by atoms with van der Waals surface area (Å²) in [4.78, 5) is 23.7.